The lowest BCUT2D eigenvalue weighted by Gasteiger charge is -2.26. The fourth-order valence-electron chi connectivity index (χ4n) is 3.47. The van der Waals surface area contributed by atoms with Crippen molar-refractivity contribution in [2.24, 2.45) is 5.73 Å². The van der Waals surface area contributed by atoms with E-state index in [2.05, 4.69) is 37.3 Å². The van der Waals surface area contributed by atoms with Crippen LogP contribution in [0, 0.1) is 6.92 Å². The van der Waals surface area contributed by atoms with Crippen molar-refractivity contribution in [2.75, 3.05) is 6.54 Å². The molecule has 0 amide bonds. The fraction of sp³-hybridized carbons (Fsp3) is 0.368. The highest BCUT2D eigenvalue weighted by atomic mass is 35.5. The van der Waals surface area contributed by atoms with E-state index in [9.17, 15) is 0 Å². The summed E-state index contributed by atoms with van der Waals surface area (Å²) in [5.41, 5.74) is 12.6. The van der Waals surface area contributed by atoms with Crippen molar-refractivity contribution in [3.63, 3.8) is 0 Å². The number of aryl methyl sites for hydroxylation is 2. The molecule has 0 saturated heterocycles. The minimum Gasteiger partial charge on any atom is -0.330 e. The van der Waals surface area contributed by atoms with Gasteiger partial charge in [0.2, 0.25) is 0 Å². The van der Waals surface area contributed by atoms with Gasteiger partial charge >= 0.3 is 0 Å². The molecule has 110 valence electrons. The van der Waals surface area contributed by atoms with Crippen LogP contribution in [0.4, 0.5) is 0 Å². The molecule has 1 nitrogen and oxygen atoms in total. The van der Waals surface area contributed by atoms with E-state index in [-0.39, 0.29) is 0 Å². The number of halogens is 1. The summed E-state index contributed by atoms with van der Waals surface area (Å²) in [5, 5.41) is 0.798. The summed E-state index contributed by atoms with van der Waals surface area (Å²) in [6, 6.07) is 13.0. The predicted molar refractivity (Wildman–Crippen MR) is 91.0 cm³/mol. The first-order valence-corrected chi connectivity index (χ1v) is 8.16. The predicted octanol–water partition coefficient (Wildman–Crippen LogP) is 5.08. The second-order valence-electron chi connectivity index (χ2n) is 6.04. The van der Waals surface area contributed by atoms with E-state index in [0.717, 1.165) is 18.0 Å². The number of nitrogens with two attached hydrogens (primary N) is 1. The highest BCUT2D eigenvalue weighted by Crippen LogP contribution is 2.37. The van der Waals surface area contributed by atoms with Gasteiger partial charge in [-0.2, -0.15) is 0 Å². The van der Waals surface area contributed by atoms with Crippen LogP contribution < -0.4 is 5.73 Å². The van der Waals surface area contributed by atoms with Crippen molar-refractivity contribution >= 4 is 11.6 Å². The van der Waals surface area contributed by atoms with Crippen molar-refractivity contribution in [1.29, 1.82) is 0 Å². The molecule has 0 aromatic heterocycles. The molecule has 0 saturated carbocycles. The zero-order valence-corrected chi connectivity index (χ0v) is 13.3. The summed E-state index contributed by atoms with van der Waals surface area (Å²) in [4.78, 5) is 0. The maximum atomic E-state index is 6.17. The van der Waals surface area contributed by atoms with E-state index in [4.69, 9.17) is 17.3 Å². The van der Waals surface area contributed by atoms with E-state index >= 15 is 0 Å². The summed E-state index contributed by atoms with van der Waals surface area (Å²) < 4.78 is 0. The summed E-state index contributed by atoms with van der Waals surface area (Å²) >= 11 is 6.17. The van der Waals surface area contributed by atoms with Crippen LogP contribution in [0.15, 0.2) is 36.4 Å². The van der Waals surface area contributed by atoms with Gasteiger partial charge in [0.25, 0.3) is 0 Å². The van der Waals surface area contributed by atoms with Crippen molar-refractivity contribution in [3.8, 4) is 11.1 Å². The van der Waals surface area contributed by atoms with Gasteiger partial charge in [0.15, 0.2) is 0 Å². The number of hydrogen-bond acceptors (Lipinski definition) is 1. The molecule has 1 aliphatic carbocycles. The molecular formula is C19H22ClN. The molecule has 0 radical (unpaired) electrons. The second kappa shape index (κ2) is 6.21. The maximum Gasteiger partial charge on any atom is 0.0412 e. The molecule has 1 atom stereocenters. The minimum atomic E-state index is 0.623. The highest BCUT2D eigenvalue weighted by molar-refractivity contribution is 6.30. The minimum absolute atomic E-state index is 0.623. The van der Waals surface area contributed by atoms with Gasteiger partial charge in [0.05, 0.1) is 0 Å². The smallest absolute Gasteiger partial charge is 0.0412 e. The molecule has 0 aliphatic heterocycles. The summed E-state index contributed by atoms with van der Waals surface area (Å²) in [7, 11) is 0. The van der Waals surface area contributed by atoms with Gasteiger partial charge in [-0.15, -0.1) is 0 Å². The zero-order valence-electron chi connectivity index (χ0n) is 12.5. The third kappa shape index (κ3) is 3.00. The Kier molecular flexibility index (Phi) is 4.32. The normalized spacial score (nSPS) is 17.6. The third-order valence-electron chi connectivity index (χ3n) is 4.61. The lowest BCUT2D eigenvalue weighted by molar-refractivity contribution is 0.526. The van der Waals surface area contributed by atoms with Crippen molar-refractivity contribution in [1.82, 2.24) is 0 Å². The van der Waals surface area contributed by atoms with Gasteiger partial charge in [0, 0.05) is 5.02 Å². The van der Waals surface area contributed by atoms with Gasteiger partial charge < -0.3 is 5.73 Å². The van der Waals surface area contributed by atoms with Crippen LogP contribution in [-0.2, 0) is 6.42 Å². The largest absolute Gasteiger partial charge is 0.330 e. The number of fused-ring (bicyclic) bond motifs is 1. The molecule has 1 unspecified atom stereocenters. The van der Waals surface area contributed by atoms with E-state index in [1.165, 1.54) is 47.1 Å². The molecule has 2 heteroatoms. The Hall–Kier alpha value is -1.31. The molecule has 2 aromatic carbocycles. The number of hydrogen-bond donors (Lipinski definition) is 1. The number of rotatable bonds is 3. The van der Waals surface area contributed by atoms with Crippen LogP contribution in [0.2, 0.25) is 5.02 Å². The average molecular weight is 300 g/mol. The summed E-state index contributed by atoms with van der Waals surface area (Å²) in [5.74, 6) is 0.623. The molecule has 0 heterocycles. The average Bonchev–Trinajstić information content (AvgIpc) is 2.50. The van der Waals surface area contributed by atoms with Crippen molar-refractivity contribution in [2.45, 2.75) is 38.5 Å². The van der Waals surface area contributed by atoms with Crippen LogP contribution >= 0.6 is 11.6 Å². The first-order chi connectivity index (χ1) is 10.2. The van der Waals surface area contributed by atoms with Gasteiger partial charge in [-0.05, 0) is 85.0 Å². The lowest BCUT2D eigenvalue weighted by atomic mass is 9.79. The van der Waals surface area contributed by atoms with Gasteiger partial charge in [-0.3, -0.25) is 0 Å². The zero-order chi connectivity index (χ0) is 14.8. The van der Waals surface area contributed by atoms with Gasteiger partial charge in [0.1, 0.15) is 0 Å². The first kappa shape index (κ1) is 14.6. The molecule has 0 fully saturated rings. The second-order valence-corrected chi connectivity index (χ2v) is 6.48. The Morgan fingerprint density at radius 3 is 2.86 bits per heavy atom. The Morgan fingerprint density at radius 2 is 2.05 bits per heavy atom. The van der Waals surface area contributed by atoms with Gasteiger partial charge in [-0.1, -0.05) is 35.9 Å². The molecule has 0 spiro atoms. The lowest BCUT2D eigenvalue weighted by Crippen LogP contribution is -2.14. The van der Waals surface area contributed by atoms with E-state index in [0.29, 0.717) is 5.92 Å². The van der Waals surface area contributed by atoms with Crippen LogP contribution in [-0.4, -0.2) is 6.54 Å². The topological polar surface area (TPSA) is 26.0 Å². The summed E-state index contributed by atoms with van der Waals surface area (Å²) in [6.45, 7) is 2.91. The monoisotopic (exact) mass is 299 g/mol. The molecule has 21 heavy (non-hydrogen) atoms. The van der Waals surface area contributed by atoms with E-state index in [1.54, 1.807) is 0 Å². The Labute approximate surface area is 132 Å². The van der Waals surface area contributed by atoms with Crippen LogP contribution in [0.3, 0.4) is 0 Å². The quantitative estimate of drug-likeness (QED) is 0.840. The standard InChI is InChI=1S/C19H22ClN/c1-13-5-8-17(20)12-18(13)16-7-6-14-3-2-4-15(9-10-21)19(14)11-16/h5-8,11-12,15H,2-4,9-10,21H2,1H3. The van der Waals surface area contributed by atoms with Crippen molar-refractivity contribution in [3.05, 3.63) is 58.1 Å². The molecule has 2 N–H and O–H groups in total. The van der Waals surface area contributed by atoms with E-state index < -0.39 is 0 Å². The third-order valence-corrected chi connectivity index (χ3v) is 4.85. The molecule has 2 aromatic rings. The van der Waals surface area contributed by atoms with Crippen LogP contribution in [0.1, 0.15) is 41.9 Å². The highest BCUT2D eigenvalue weighted by Gasteiger charge is 2.20. The maximum absolute atomic E-state index is 6.17. The number of benzene rings is 2. The van der Waals surface area contributed by atoms with E-state index in [1.807, 2.05) is 6.07 Å². The van der Waals surface area contributed by atoms with Crippen LogP contribution in [0.25, 0.3) is 11.1 Å². The Morgan fingerprint density at radius 1 is 1.19 bits per heavy atom. The molecule has 3 rings (SSSR count). The Bertz CT molecular complexity index is 648. The molecule has 0 bridgehead atoms. The summed E-state index contributed by atoms with van der Waals surface area (Å²) in [6.07, 6.45) is 4.84. The molecular weight excluding hydrogens is 278 g/mol. The van der Waals surface area contributed by atoms with Crippen molar-refractivity contribution < 1.29 is 0 Å². The SMILES string of the molecule is Cc1ccc(Cl)cc1-c1ccc2c(c1)C(CCN)CCC2. The molecule has 1 aliphatic rings. The van der Waals surface area contributed by atoms with Crippen LogP contribution in [0.5, 0.6) is 0 Å². The fourth-order valence-corrected chi connectivity index (χ4v) is 3.64. The first-order valence-electron chi connectivity index (χ1n) is 7.78. The van der Waals surface area contributed by atoms with Gasteiger partial charge in [-0.25, -0.2) is 0 Å². The Balaban J connectivity index is 2.05.